The Hall–Kier alpha value is -3.70. The fraction of sp³-hybridized carbons (Fsp3) is 0.292. The molecular weight excluding hydrogens is 468 g/mol. The van der Waals surface area contributed by atoms with E-state index in [9.17, 15) is 8.42 Å². The van der Waals surface area contributed by atoms with Crippen LogP contribution in [-0.4, -0.2) is 57.6 Å². The van der Waals surface area contributed by atoms with Crippen LogP contribution in [0, 0.1) is 6.92 Å². The summed E-state index contributed by atoms with van der Waals surface area (Å²) in [7, 11) is -0.800. The van der Waals surface area contributed by atoms with Gasteiger partial charge in [0.05, 0.1) is 12.4 Å². The number of nitrogens with zero attached hydrogens (tertiary/aromatic N) is 6. The average Bonchev–Trinajstić information content (AvgIpc) is 3.29. The van der Waals surface area contributed by atoms with Gasteiger partial charge in [-0.15, -0.1) is 10.2 Å². The van der Waals surface area contributed by atoms with Crippen LogP contribution >= 0.6 is 0 Å². The van der Waals surface area contributed by atoms with Crippen LogP contribution in [0.25, 0.3) is 17.2 Å². The second-order valence-corrected chi connectivity index (χ2v) is 10.3. The number of para-hydroxylation sites is 1. The van der Waals surface area contributed by atoms with Crippen molar-refractivity contribution in [3.8, 4) is 23.1 Å². The zero-order valence-corrected chi connectivity index (χ0v) is 20.7. The number of sulfone groups is 1. The van der Waals surface area contributed by atoms with E-state index in [1.54, 1.807) is 42.1 Å². The predicted octanol–water partition coefficient (Wildman–Crippen LogP) is 3.13. The Labute approximate surface area is 203 Å². The van der Waals surface area contributed by atoms with Crippen molar-refractivity contribution in [1.82, 2.24) is 29.7 Å². The molecule has 0 unspecified atom stereocenters. The Bertz CT molecular complexity index is 1390. The molecular formula is C24H26N6O4S. The number of aromatic nitrogens is 6. The number of benzene rings is 1. The summed E-state index contributed by atoms with van der Waals surface area (Å²) in [6, 6.07) is 14.6. The van der Waals surface area contributed by atoms with Gasteiger partial charge in [0.25, 0.3) is 0 Å². The third-order valence-corrected chi connectivity index (χ3v) is 7.58. The minimum Gasteiger partial charge on any atom is -0.481 e. The van der Waals surface area contributed by atoms with Crippen LogP contribution in [0.2, 0.25) is 0 Å². The molecule has 0 aliphatic carbocycles. The second kappa shape index (κ2) is 10.3. The van der Waals surface area contributed by atoms with E-state index in [0.717, 1.165) is 5.56 Å². The van der Waals surface area contributed by atoms with Gasteiger partial charge in [-0.05, 0) is 37.6 Å². The summed E-state index contributed by atoms with van der Waals surface area (Å²) in [4.78, 5) is 13.0. The molecule has 3 heterocycles. The van der Waals surface area contributed by atoms with Crippen LogP contribution in [0.3, 0.4) is 0 Å². The zero-order chi connectivity index (χ0) is 25.0. The van der Waals surface area contributed by atoms with Gasteiger partial charge in [0.1, 0.15) is 17.6 Å². The Kier molecular flexibility index (Phi) is 7.17. The number of rotatable bonds is 9. The molecule has 0 amide bonds. The number of hydrogen-bond donors (Lipinski definition) is 0. The standard InChI is InChI=1S/C24H26N6O4S/c1-16-13-25-23(26-14-16)22(34-4)17(2)35(31,32)15-20-28-29-24(19-11-8-12-21(27-19)33-3)30(20)18-9-6-5-7-10-18/h5-14,17,22H,15H2,1-4H3/t17-,22-/m0/s1. The van der Waals surface area contributed by atoms with Gasteiger partial charge in [0, 0.05) is 31.3 Å². The van der Waals surface area contributed by atoms with E-state index in [-0.39, 0.29) is 11.6 Å². The van der Waals surface area contributed by atoms with Crippen LogP contribution in [-0.2, 0) is 20.3 Å². The van der Waals surface area contributed by atoms with Gasteiger partial charge in [-0.25, -0.2) is 23.4 Å². The maximum Gasteiger partial charge on any atom is 0.213 e. The number of pyridine rings is 1. The first-order chi connectivity index (χ1) is 16.8. The predicted molar refractivity (Wildman–Crippen MR) is 130 cm³/mol. The summed E-state index contributed by atoms with van der Waals surface area (Å²) in [5, 5.41) is 7.60. The van der Waals surface area contributed by atoms with E-state index in [1.165, 1.54) is 14.2 Å². The van der Waals surface area contributed by atoms with Gasteiger partial charge in [0.2, 0.25) is 5.88 Å². The van der Waals surface area contributed by atoms with Crippen LogP contribution in [0.15, 0.2) is 60.9 Å². The Balaban J connectivity index is 1.74. The molecule has 0 fully saturated rings. The van der Waals surface area contributed by atoms with Crippen LogP contribution in [0.4, 0.5) is 0 Å². The third kappa shape index (κ3) is 5.20. The van der Waals surface area contributed by atoms with E-state index < -0.39 is 21.2 Å². The molecule has 182 valence electrons. The topological polar surface area (TPSA) is 122 Å². The summed E-state index contributed by atoms with van der Waals surface area (Å²) in [5.41, 5.74) is 2.08. The minimum atomic E-state index is -3.77. The lowest BCUT2D eigenvalue weighted by Crippen LogP contribution is -2.30. The zero-order valence-electron chi connectivity index (χ0n) is 19.9. The average molecular weight is 495 g/mol. The normalized spacial score (nSPS) is 13.4. The van der Waals surface area contributed by atoms with Crippen molar-refractivity contribution >= 4 is 9.84 Å². The summed E-state index contributed by atoms with van der Waals surface area (Å²) in [6.07, 6.45) is 2.42. The number of aryl methyl sites for hydroxylation is 1. The maximum atomic E-state index is 13.5. The van der Waals surface area contributed by atoms with Gasteiger partial charge in [-0.3, -0.25) is 4.57 Å². The number of methoxy groups -OCH3 is 2. The summed E-state index contributed by atoms with van der Waals surface area (Å²) in [6.45, 7) is 3.44. The molecule has 0 spiro atoms. The van der Waals surface area contributed by atoms with Crippen molar-refractivity contribution in [2.45, 2.75) is 31.0 Å². The maximum absolute atomic E-state index is 13.5. The van der Waals surface area contributed by atoms with Gasteiger partial charge in [-0.2, -0.15) is 0 Å². The lowest BCUT2D eigenvalue weighted by atomic mass is 10.2. The largest absolute Gasteiger partial charge is 0.481 e. The summed E-state index contributed by atoms with van der Waals surface area (Å²) < 4.78 is 39.5. The van der Waals surface area contributed by atoms with Crippen molar-refractivity contribution in [2.75, 3.05) is 14.2 Å². The molecule has 35 heavy (non-hydrogen) atoms. The quantitative estimate of drug-likeness (QED) is 0.345. The first kappa shape index (κ1) is 24.4. The van der Waals surface area contributed by atoms with E-state index in [2.05, 4.69) is 25.1 Å². The second-order valence-electron chi connectivity index (χ2n) is 7.96. The van der Waals surface area contributed by atoms with Crippen molar-refractivity contribution in [1.29, 1.82) is 0 Å². The lowest BCUT2D eigenvalue weighted by Gasteiger charge is -2.21. The van der Waals surface area contributed by atoms with Gasteiger partial charge < -0.3 is 9.47 Å². The molecule has 4 aromatic rings. The smallest absolute Gasteiger partial charge is 0.213 e. The molecule has 0 saturated heterocycles. The SMILES string of the molecule is COc1cccc(-c2nnc(CS(=O)(=O)[C@@H](C)[C@H](OC)c3ncc(C)cn3)n2-c2ccccc2)n1. The van der Waals surface area contributed by atoms with E-state index in [0.29, 0.717) is 28.9 Å². The molecule has 0 radical (unpaired) electrons. The van der Waals surface area contributed by atoms with Gasteiger partial charge in [-0.1, -0.05) is 24.3 Å². The van der Waals surface area contributed by atoms with Crippen molar-refractivity contribution in [2.24, 2.45) is 0 Å². The summed E-state index contributed by atoms with van der Waals surface area (Å²) in [5.74, 6) is 1.00. The molecule has 2 atom stereocenters. The molecule has 1 aromatic carbocycles. The highest BCUT2D eigenvalue weighted by molar-refractivity contribution is 7.91. The molecule has 0 aliphatic heterocycles. The molecule has 3 aromatic heterocycles. The minimum absolute atomic E-state index is 0.252. The Morgan fingerprint density at radius 2 is 1.69 bits per heavy atom. The van der Waals surface area contributed by atoms with Crippen molar-refractivity contribution in [3.05, 3.63) is 78.1 Å². The number of hydrogen-bond acceptors (Lipinski definition) is 9. The fourth-order valence-electron chi connectivity index (χ4n) is 3.63. The molecule has 0 bridgehead atoms. The third-order valence-electron chi connectivity index (χ3n) is 5.54. The van der Waals surface area contributed by atoms with E-state index in [4.69, 9.17) is 9.47 Å². The highest BCUT2D eigenvalue weighted by Gasteiger charge is 2.34. The molecule has 0 aliphatic rings. The van der Waals surface area contributed by atoms with Crippen LogP contribution in [0.5, 0.6) is 5.88 Å². The Morgan fingerprint density at radius 1 is 0.971 bits per heavy atom. The first-order valence-corrected chi connectivity index (χ1v) is 12.6. The molecule has 4 rings (SSSR count). The van der Waals surface area contributed by atoms with Gasteiger partial charge >= 0.3 is 0 Å². The summed E-state index contributed by atoms with van der Waals surface area (Å²) >= 11 is 0. The van der Waals surface area contributed by atoms with Crippen LogP contribution in [0.1, 0.15) is 30.2 Å². The van der Waals surface area contributed by atoms with Crippen molar-refractivity contribution in [3.63, 3.8) is 0 Å². The molecule has 11 heteroatoms. The first-order valence-electron chi connectivity index (χ1n) is 10.9. The van der Waals surface area contributed by atoms with Gasteiger partial charge in [0.15, 0.2) is 27.3 Å². The monoisotopic (exact) mass is 494 g/mol. The van der Waals surface area contributed by atoms with E-state index >= 15 is 0 Å². The van der Waals surface area contributed by atoms with Crippen LogP contribution < -0.4 is 4.74 Å². The fourth-order valence-corrected chi connectivity index (χ4v) is 5.05. The lowest BCUT2D eigenvalue weighted by molar-refractivity contribution is 0.0947. The highest BCUT2D eigenvalue weighted by atomic mass is 32.2. The Morgan fingerprint density at radius 3 is 2.34 bits per heavy atom. The van der Waals surface area contributed by atoms with E-state index in [1.807, 2.05) is 37.3 Å². The highest BCUT2D eigenvalue weighted by Crippen LogP contribution is 2.28. The molecule has 0 saturated carbocycles. The van der Waals surface area contributed by atoms with Crippen molar-refractivity contribution < 1.29 is 17.9 Å². The number of ether oxygens (including phenoxy) is 2. The molecule has 10 nitrogen and oxygen atoms in total. The molecule has 0 N–H and O–H groups in total.